The molecule has 0 aliphatic rings. The molecule has 1 N–H and O–H groups in total. The van der Waals surface area contributed by atoms with Gasteiger partial charge in [-0.1, -0.05) is 0 Å². The van der Waals surface area contributed by atoms with Crippen LogP contribution in [0.15, 0.2) is 30.6 Å². The number of aromatic nitrogens is 2. The molecule has 0 radical (unpaired) electrons. The quantitative estimate of drug-likeness (QED) is 0.911. The Bertz CT molecular complexity index is 743. The lowest BCUT2D eigenvalue weighted by atomic mass is 10.1. The van der Waals surface area contributed by atoms with Crippen LogP contribution < -0.4 is 5.32 Å². The number of hydrogen-bond acceptors (Lipinski definition) is 4. The van der Waals surface area contributed by atoms with Crippen molar-refractivity contribution >= 4 is 5.69 Å². The standard InChI is InChI=1S/C16H18F3N5/c1-23(2)15(12-8-22-24(3)10-12)9-21-13-4-5-14(16(17,18)19)11(6-13)7-20/h4-6,8,10,15,21H,9H2,1-3H3/t15-/m0/s1. The smallest absolute Gasteiger partial charge is 0.383 e. The van der Waals surface area contributed by atoms with Crippen LogP contribution in [0.1, 0.15) is 22.7 Å². The summed E-state index contributed by atoms with van der Waals surface area (Å²) in [5.41, 5.74) is 0.139. The Morgan fingerprint density at radius 1 is 1.38 bits per heavy atom. The molecule has 0 amide bonds. The Balaban J connectivity index is 2.17. The number of hydrogen-bond donors (Lipinski definition) is 1. The van der Waals surface area contributed by atoms with Gasteiger partial charge in [0.05, 0.1) is 29.4 Å². The van der Waals surface area contributed by atoms with E-state index >= 15 is 0 Å². The minimum absolute atomic E-state index is 0.00784. The Kier molecular flexibility index (Phi) is 5.14. The van der Waals surface area contributed by atoms with Crippen LogP contribution in [-0.2, 0) is 13.2 Å². The van der Waals surface area contributed by atoms with Gasteiger partial charge in [-0.2, -0.15) is 23.5 Å². The van der Waals surface area contributed by atoms with E-state index in [9.17, 15) is 13.2 Å². The summed E-state index contributed by atoms with van der Waals surface area (Å²) in [5, 5.41) is 16.2. The molecule has 0 spiro atoms. The molecule has 2 aromatic rings. The highest BCUT2D eigenvalue weighted by Crippen LogP contribution is 2.33. The number of nitrogens with one attached hydrogen (secondary N) is 1. The van der Waals surface area contributed by atoms with Crippen molar-refractivity contribution in [2.75, 3.05) is 26.0 Å². The molecule has 1 aromatic heterocycles. The minimum atomic E-state index is -4.54. The zero-order valence-corrected chi connectivity index (χ0v) is 13.6. The minimum Gasteiger partial charge on any atom is -0.383 e. The van der Waals surface area contributed by atoms with E-state index in [2.05, 4.69) is 10.4 Å². The summed E-state index contributed by atoms with van der Waals surface area (Å²) in [7, 11) is 5.64. The summed E-state index contributed by atoms with van der Waals surface area (Å²) in [5.74, 6) is 0. The lowest BCUT2D eigenvalue weighted by Gasteiger charge is -2.24. The third-order valence-corrected chi connectivity index (χ3v) is 3.68. The van der Waals surface area contributed by atoms with Crippen molar-refractivity contribution in [1.29, 1.82) is 5.26 Å². The molecule has 8 heteroatoms. The van der Waals surface area contributed by atoms with Gasteiger partial charge in [0.25, 0.3) is 0 Å². The van der Waals surface area contributed by atoms with E-state index in [4.69, 9.17) is 5.26 Å². The van der Waals surface area contributed by atoms with Crippen LogP contribution in [0.4, 0.5) is 18.9 Å². The van der Waals surface area contributed by atoms with Gasteiger partial charge >= 0.3 is 6.18 Å². The summed E-state index contributed by atoms with van der Waals surface area (Å²) < 4.78 is 40.2. The first-order chi connectivity index (χ1) is 11.2. The summed E-state index contributed by atoms with van der Waals surface area (Å²) >= 11 is 0. The van der Waals surface area contributed by atoms with Crippen molar-refractivity contribution < 1.29 is 13.2 Å². The molecule has 0 unspecified atom stereocenters. The second kappa shape index (κ2) is 6.93. The molecule has 2 rings (SSSR count). The SMILES string of the molecule is CN(C)[C@@H](CNc1ccc(C(F)(F)F)c(C#N)c1)c1cnn(C)c1. The number of anilines is 1. The number of alkyl halides is 3. The fourth-order valence-corrected chi connectivity index (χ4v) is 2.42. The van der Waals surface area contributed by atoms with Crippen molar-refractivity contribution in [2.24, 2.45) is 7.05 Å². The Morgan fingerprint density at radius 2 is 2.08 bits per heavy atom. The highest BCUT2D eigenvalue weighted by Gasteiger charge is 2.33. The van der Waals surface area contributed by atoms with E-state index in [1.807, 2.05) is 32.2 Å². The molecule has 1 heterocycles. The van der Waals surface area contributed by atoms with Crippen LogP contribution in [0.2, 0.25) is 0 Å². The Hall–Kier alpha value is -2.53. The number of aryl methyl sites for hydroxylation is 1. The Labute approximate surface area is 138 Å². The van der Waals surface area contributed by atoms with Gasteiger partial charge in [-0.3, -0.25) is 4.68 Å². The lowest BCUT2D eigenvalue weighted by molar-refractivity contribution is -0.137. The number of nitrogens with zero attached hydrogens (tertiary/aromatic N) is 4. The molecule has 1 aromatic carbocycles. The van der Waals surface area contributed by atoms with Crippen molar-refractivity contribution in [3.8, 4) is 6.07 Å². The van der Waals surface area contributed by atoms with E-state index in [1.165, 1.54) is 12.1 Å². The van der Waals surface area contributed by atoms with Crippen molar-refractivity contribution in [2.45, 2.75) is 12.2 Å². The van der Waals surface area contributed by atoms with Gasteiger partial charge in [0.1, 0.15) is 0 Å². The van der Waals surface area contributed by atoms with Crippen LogP contribution in [0.5, 0.6) is 0 Å². The van der Waals surface area contributed by atoms with Crippen LogP contribution in [0.3, 0.4) is 0 Å². The number of nitriles is 1. The molecular weight excluding hydrogens is 319 g/mol. The summed E-state index contributed by atoms with van der Waals surface area (Å²) in [6, 6.07) is 5.08. The number of rotatable bonds is 5. The summed E-state index contributed by atoms with van der Waals surface area (Å²) in [6.45, 7) is 0.467. The number of likely N-dealkylation sites (N-methyl/N-ethyl adjacent to an activating group) is 1. The van der Waals surface area contributed by atoms with E-state index in [0.717, 1.165) is 11.6 Å². The molecule has 0 aliphatic heterocycles. The molecule has 0 aliphatic carbocycles. The lowest BCUT2D eigenvalue weighted by Crippen LogP contribution is -2.26. The fraction of sp³-hybridized carbons (Fsp3) is 0.375. The zero-order chi connectivity index (χ0) is 17.9. The van der Waals surface area contributed by atoms with Crippen LogP contribution in [-0.4, -0.2) is 35.3 Å². The van der Waals surface area contributed by atoms with Gasteiger partial charge in [-0.15, -0.1) is 0 Å². The molecule has 1 atom stereocenters. The van der Waals surface area contributed by atoms with E-state index < -0.39 is 17.3 Å². The van der Waals surface area contributed by atoms with Crippen molar-refractivity contribution in [1.82, 2.24) is 14.7 Å². The van der Waals surface area contributed by atoms with Gasteiger partial charge in [0.2, 0.25) is 0 Å². The normalized spacial score (nSPS) is 12.9. The maximum Gasteiger partial charge on any atom is 0.417 e. The molecule has 0 bridgehead atoms. The van der Waals surface area contributed by atoms with Crippen molar-refractivity contribution in [3.63, 3.8) is 0 Å². The van der Waals surface area contributed by atoms with Gasteiger partial charge in [0, 0.05) is 31.0 Å². The van der Waals surface area contributed by atoms with Gasteiger partial charge in [0.15, 0.2) is 0 Å². The largest absolute Gasteiger partial charge is 0.417 e. The average Bonchev–Trinajstić information content (AvgIpc) is 2.92. The van der Waals surface area contributed by atoms with E-state index in [1.54, 1.807) is 16.9 Å². The van der Waals surface area contributed by atoms with Gasteiger partial charge in [-0.05, 0) is 32.3 Å². The first-order valence-electron chi connectivity index (χ1n) is 7.22. The van der Waals surface area contributed by atoms with E-state index in [-0.39, 0.29) is 6.04 Å². The first-order valence-corrected chi connectivity index (χ1v) is 7.22. The Morgan fingerprint density at radius 3 is 2.58 bits per heavy atom. The van der Waals surface area contributed by atoms with Crippen LogP contribution in [0, 0.1) is 11.3 Å². The fourth-order valence-electron chi connectivity index (χ4n) is 2.42. The van der Waals surface area contributed by atoms with Crippen LogP contribution >= 0.6 is 0 Å². The summed E-state index contributed by atoms with van der Waals surface area (Å²) in [4.78, 5) is 1.99. The number of halogens is 3. The zero-order valence-electron chi connectivity index (χ0n) is 13.6. The van der Waals surface area contributed by atoms with Gasteiger partial charge in [-0.25, -0.2) is 0 Å². The van der Waals surface area contributed by atoms with Gasteiger partial charge < -0.3 is 10.2 Å². The van der Waals surface area contributed by atoms with Crippen molar-refractivity contribution in [3.05, 3.63) is 47.3 Å². The molecule has 5 nitrogen and oxygen atoms in total. The maximum atomic E-state index is 12.8. The molecule has 0 saturated heterocycles. The average molecular weight is 337 g/mol. The monoisotopic (exact) mass is 337 g/mol. The maximum absolute atomic E-state index is 12.8. The third-order valence-electron chi connectivity index (χ3n) is 3.68. The number of benzene rings is 1. The first kappa shape index (κ1) is 17.8. The highest BCUT2D eigenvalue weighted by molar-refractivity contribution is 5.53. The predicted molar refractivity (Wildman–Crippen MR) is 84.3 cm³/mol. The second-order valence-electron chi connectivity index (χ2n) is 5.68. The second-order valence-corrected chi connectivity index (χ2v) is 5.68. The summed E-state index contributed by atoms with van der Waals surface area (Å²) in [6.07, 6.45) is -0.898. The molecule has 0 saturated carbocycles. The molecular formula is C16H18F3N5. The predicted octanol–water partition coefficient (Wildman–Crippen LogP) is 3.03. The molecule has 128 valence electrons. The highest BCUT2D eigenvalue weighted by atomic mass is 19.4. The topological polar surface area (TPSA) is 56.9 Å². The molecule has 0 fully saturated rings. The molecule has 24 heavy (non-hydrogen) atoms. The third kappa shape index (κ3) is 4.06. The van der Waals surface area contributed by atoms with E-state index in [0.29, 0.717) is 12.2 Å². The van der Waals surface area contributed by atoms with Crippen LogP contribution in [0.25, 0.3) is 0 Å².